The summed E-state index contributed by atoms with van der Waals surface area (Å²) in [6.45, 7) is 7.39. The molecule has 1 saturated carbocycles. The highest BCUT2D eigenvalue weighted by molar-refractivity contribution is 5.87. The van der Waals surface area contributed by atoms with E-state index in [1.807, 2.05) is 19.2 Å². The second kappa shape index (κ2) is 10.1. The molecule has 0 radical (unpaired) electrons. The lowest BCUT2D eigenvalue weighted by Gasteiger charge is -2.51. The Hall–Kier alpha value is -3.42. The minimum atomic E-state index is -4.59. The Morgan fingerprint density at radius 2 is 1.93 bits per heavy atom. The first-order valence-corrected chi connectivity index (χ1v) is 13.9. The van der Waals surface area contributed by atoms with Crippen molar-refractivity contribution >= 4 is 12.0 Å². The van der Waals surface area contributed by atoms with E-state index >= 15 is 0 Å². The van der Waals surface area contributed by atoms with Crippen LogP contribution in [0.15, 0.2) is 29.4 Å². The van der Waals surface area contributed by atoms with E-state index in [0.717, 1.165) is 18.5 Å². The first kappa shape index (κ1) is 27.7. The molecule has 222 valence electrons. The third kappa shape index (κ3) is 4.79. The Morgan fingerprint density at radius 3 is 2.59 bits per heavy atom. The highest BCUT2D eigenvalue weighted by Crippen LogP contribution is 2.60. The molecule has 1 unspecified atom stereocenters. The number of likely N-dealkylation sites (tertiary alicyclic amines) is 2. The van der Waals surface area contributed by atoms with Crippen LogP contribution in [0.3, 0.4) is 0 Å². The molecule has 2 aromatic heterocycles. The number of aromatic nitrogens is 4. The quantitative estimate of drug-likeness (QED) is 0.457. The molecule has 3 saturated heterocycles. The third-order valence-electron chi connectivity index (χ3n) is 9.02. The molecule has 2 aromatic rings. The van der Waals surface area contributed by atoms with E-state index in [-0.39, 0.29) is 51.7 Å². The molecule has 11 nitrogen and oxygen atoms in total. The van der Waals surface area contributed by atoms with E-state index in [2.05, 4.69) is 16.7 Å². The van der Waals surface area contributed by atoms with Gasteiger partial charge in [0.15, 0.2) is 5.82 Å². The highest BCUT2D eigenvalue weighted by atomic mass is 19.4. The number of carbonyl (C=O) groups is 2. The van der Waals surface area contributed by atoms with Crippen LogP contribution >= 0.6 is 0 Å². The SMILES string of the molecule is C=CCOC(=O)N1C[C@H](c2noc(C(C)n3ccc(C4CCOCC4)n3)n2)C2(C1)CN(C(=O)C1(C(F)(F)F)CC1)C2. The fraction of sp³-hybridized carbons (Fsp3) is 0.667. The number of nitrogens with zero attached hydrogens (tertiary/aromatic N) is 6. The molecule has 14 heteroatoms. The molecule has 41 heavy (non-hydrogen) atoms. The van der Waals surface area contributed by atoms with E-state index in [1.54, 1.807) is 4.68 Å². The Bertz CT molecular complexity index is 1310. The summed E-state index contributed by atoms with van der Waals surface area (Å²) >= 11 is 0. The van der Waals surface area contributed by atoms with Gasteiger partial charge >= 0.3 is 12.3 Å². The van der Waals surface area contributed by atoms with Crippen LogP contribution in [-0.2, 0) is 14.3 Å². The molecular formula is C27H33F3N6O5. The molecule has 1 spiro atoms. The molecule has 3 aliphatic heterocycles. The molecule has 0 aromatic carbocycles. The zero-order valence-corrected chi connectivity index (χ0v) is 22.8. The summed E-state index contributed by atoms with van der Waals surface area (Å²) in [5.74, 6) is -0.359. The third-order valence-corrected chi connectivity index (χ3v) is 9.02. The van der Waals surface area contributed by atoms with Crippen LogP contribution in [0, 0.1) is 10.8 Å². The maximum Gasteiger partial charge on any atom is 0.410 e. The van der Waals surface area contributed by atoms with Crippen molar-refractivity contribution in [1.82, 2.24) is 29.7 Å². The van der Waals surface area contributed by atoms with Crippen molar-refractivity contribution in [3.63, 3.8) is 0 Å². The summed E-state index contributed by atoms with van der Waals surface area (Å²) in [7, 11) is 0. The van der Waals surface area contributed by atoms with Gasteiger partial charge in [-0.25, -0.2) is 4.79 Å². The smallest absolute Gasteiger partial charge is 0.410 e. The number of halogens is 3. The van der Waals surface area contributed by atoms with Gasteiger partial charge in [0.2, 0.25) is 5.91 Å². The standard InChI is InChI=1S/C27H33F3N6O5/c1-3-10-40-24(38)34-13-19(25(14-34)15-35(16-25)23(37)26(7-8-26)27(28,29)30)21-31-22(41-33-21)17(2)36-9-4-20(32-36)18-5-11-39-12-6-18/h3-4,9,17-19H,1,5-8,10-16H2,2H3/t17?,19-/m1/s1. The van der Waals surface area contributed by atoms with Gasteiger partial charge in [-0.3, -0.25) is 9.48 Å². The first-order chi connectivity index (χ1) is 19.6. The van der Waals surface area contributed by atoms with E-state index in [1.165, 1.54) is 15.9 Å². The van der Waals surface area contributed by atoms with Crippen LogP contribution in [-0.4, -0.2) is 93.9 Å². The van der Waals surface area contributed by atoms with Crippen LogP contribution in [0.1, 0.15) is 67.9 Å². The summed E-state index contributed by atoms with van der Waals surface area (Å²) in [5.41, 5.74) is -2.01. The van der Waals surface area contributed by atoms with Crippen LogP contribution in [0.4, 0.5) is 18.0 Å². The Labute approximate surface area is 234 Å². The first-order valence-electron chi connectivity index (χ1n) is 13.9. The zero-order chi connectivity index (χ0) is 29.0. The van der Waals surface area contributed by atoms with E-state index < -0.39 is 34.9 Å². The van der Waals surface area contributed by atoms with Crippen LogP contribution < -0.4 is 0 Å². The minimum absolute atomic E-state index is 0.0231. The maximum absolute atomic E-state index is 13.6. The number of rotatable bonds is 7. The fourth-order valence-corrected chi connectivity index (χ4v) is 6.36. The number of hydrogen-bond acceptors (Lipinski definition) is 8. The van der Waals surface area contributed by atoms with Gasteiger partial charge in [0, 0.05) is 56.9 Å². The molecule has 4 aliphatic rings. The summed E-state index contributed by atoms with van der Waals surface area (Å²) in [6, 6.07) is 1.62. The fourth-order valence-electron chi connectivity index (χ4n) is 6.36. The number of carbonyl (C=O) groups excluding carboxylic acids is 2. The summed E-state index contributed by atoms with van der Waals surface area (Å²) in [6.07, 6.45) is -0.400. The van der Waals surface area contributed by atoms with Crippen molar-refractivity contribution in [3.8, 4) is 0 Å². The lowest BCUT2D eigenvalue weighted by Crippen LogP contribution is -2.64. The lowest BCUT2D eigenvalue weighted by atomic mass is 9.70. The normalized spacial score (nSPS) is 24.2. The number of alkyl halides is 3. The van der Waals surface area contributed by atoms with Gasteiger partial charge < -0.3 is 23.8 Å². The molecule has 6 rings (SSSR count). The van der Waals surface area contributed by atoms with Crippen LogP contribution in [0.5, 0.6) is 0 Å². The average molecular weight is 579 g/mol. The van der Waals surface area contributed by atoms with Gasteiger partial charge in [0.05, 0.1) is 11.6 Å². The number of ether oxygens (including phenoxy) is 2. The van der Waals surface area contributed by atoms with Crippen molar-refractivity contribution in [2.75, 3.05) is 46.0 Å². The second-order valence-corrected chi connectivity index (χ2v) is 11.7. The molecule has 2 atom stereocenters. The minimum Gasteiger partial charge on any atom is -0.445 e. The Morgan fingerprint density at radius 1 is 1.22 bits per heavy atom. The maximum atomic E-state index is 13.6. The Kier molecular flexibility index (Phi) is 6.86. The van der Waals surface area contributed by atoms with E-state index in [0.29, 0.717) is 30.8 Å². The number of hydrogen-bond donors (Lipinski definition) is 0. The summed E-state index contributed by atoms with van der Waals surface area (Å²) in [5, 5.41) is 8.96. The van der Waals surface area contributed by atoms with Gasteiger partial charge in [-0.2, -0.15) is 23.3 Å². The van der Waals surface area contributed by atoms with Crippen molar-refractivity contribution in [1.29, 1.82) is 0 Å². The van der Waals surface area contributed by atoms with Crippen LogP contribution in [0.2, 0.25) is 0 Å². The topological polar surface area (TPSA) is 116 Å². The Balaban J connectivity index is 1.20. The van der Waals surface area contributed by atoms with Crippen molar-refractivity contribution in [2.45, 2.75) is 56.7 Å². The molecule has 1 aliphatic carbocycles. The predicted octanol–water partition coefficient (Wildman–Crippen LogP) is 3.66. The molecule has 0 bridgehead atoms. The molecule has 2 amide bonds. The van der Waals surface area contributed by atoms with Crippen molar-refractivity contribution < 1.29 is 36.8 Å². The molecule has 4 fully saturated rings. The van der Waals surface area contributed by atoms with E-state index in [9.17, 15) is 22.8 Å². The molecule has 5 heterocycles. The van der Waals surface area contributed by atoms with Gasteiger partial charge in [0.25, 0.3) is 5.89 Å². The lowest BCUT2D eigenvalue weighted by molar-refractivity contribution is -0.204. The highest BCUT2D eigenvalue weighted by Gasteiger charge is 2.71. The number of amides is 2. The zero-order valence-electron chi connectivity index (χ0n) is 22.8. The average Bonchev–Trinajstić information content (AvgIpc) is 3.28. The second-order valence-electron chi connectivity index (χ2n) is 11.7. The monoisotopic (exact) mass is 578 g/mol. The molecule has 0 N–H and O–H groups in total. The van der Waals surface area contributed by atoms with E-state index in [4.69, 9.17) is 19.1 Å². The van der Waals surface area contributed by atoms with Crippen LogP contribution in [0.25, 0.3) is 0 Å². The largest absolute Gasteiger partial charge is 0.445 e. The predicted molar refractivity (Wildman–Crippen MR) is 136 cm³/mol. The van der Waals surface area contributed by atoms with Gasteiger partial charge in [0.1, 0.15) is 18.1 Å². The summed E-state index contributed by atoms with van der Waals surface area (Å²) < 4.78 is 58.9. The summed E-state index contributed by atoms with van der Waals surface area (Å²) in [4.78, 5) is 33.0. The van der Waals surface area contributed by atoms with Crippen molar-refractivity contribution in [2.24, 2.45) is 10.8 Å². The van der Waals surface area contributed by atoms with Crippen molar-refractivity contribution in [3.05, 3.63) is 42.3 Å². The van der Waals surface area contributed by atoms with Gasteiger partial charge in [-0.05, 0) is 38.7 Å². The van der Waals surface area contributed by atoms with Gasteiger partial charge in [-0.15, -0.1) is 0 Å². The van der Waals surface area contributed by atoms with Gasteiger partial charge in [-0.1, -0.05) is 17.8 Å². The molecular weight excluding hydrogens is 545 g/mol.